The number of rotatable bonds is 6. The smallest absolute Gasteiger partial charge is 0.335 e. The van der Waals surface area contributed by atoms with E-state index in [1.807, 2.05) is 18.3 Å². The number of carboxylic acid groups (broad SMARTS) is 1. The number of nitrogens with one attached hydrogen (secondary N) is 1. The topological polar surface area (TPSA) is 80.0 Å². The van der Waals surface area contributed by atoms with Crippen LogP contribution in [-0.4, -0.2) is 32.6 Å². The van der Waals surface area contributed by atoms with Crippen molar-refractivity contribution < 1.29 is 9.90 Å². The molecule has 1 aliphatic rings. The summed E-state index contributed by atoms with van der Waals surface area (Å²) in [6.45, 7) is 1.04. The molecule has 0 saturated heterocycles. The van der Waals surface area contributed by atoms with E-state index in [1.165, 1.54) is 32.1 Å². The van der Waals surface area contributed by atoms with Gasteiger partial charge in [-0.1, -0.05) is 36.6 Å². The maximum atomic E-state index is 11.0. The van der Waals surface area contributed by atoms with Crippen LogP contribution in [0.1, 0.15) is 42.5 Å². The highest BCUT2D eigenvalue weighted by Crippen LogP contribution is 2.25. The van der Waals surface area contributed by atoms with Gasteiger partial charge in [-0.15, -0.1) is 5.10 Å². The summed E-state index contributed by atoms with van der Waals surface area (Å²) in [6, 6.07) is 14.8. The Morgan fingerprint density at radius 1 is 1.04 bits per heavy atom. The number of anilines is 1. The molecule has 4 rings (SSSR count). The zero-order chi connectivity index (χ0) is 19.3. The Kier molecular flexibility index (Phi) is 5.37. The van der Waals surface area contributed by atoms with Gasteiger partial charge in [-0.05, 0) is 55.2 Å². The fraction of sp³-hybridized carbons (Fsp3) is 0.318. The summed E-state index contributed by atoms with van der Waals surface area (Å²) in [5, 5.41) is 20.9. The third-order valence-electron chi connectivity index (χ3n) is 5.37. The highest BCUT2D eigenvalue weighted by atomic mass is 16.4. The summed E-state index contributed by atoms with van der Waals surface area (Å²) in [4.78, 5) is 11.0. The second kappa shape index (κ2) is 8.25. The molecule has 1 heterocycles. The first kappa shape index (κ1) is 18.2. The Balaban J connectivity index is 1.41. The Morgan fingerprint density at radius 3 is 2.43 bits per heavy atom. The summed E-state index contributed by atoms with van der Waals surface area (Å²) in [7, 11) is 0. The predicted molar refractivity (Wildman–Crippen MR) is 109 cm³/mol. The Hall–Kier alpha value is -3.15. The fourth-order valence-electron chi connectivity index (χ4n) is 3.69. The van der Waals surface area contributed by atoms with E-state index in [0.29, 0.717) is 0 Å². The van der Waals surface area contributed by atoms with E-state index in [4.69, 9.17) is 5.11 Å². The van der Waals surface area contributed by atoms with Crippen molar-refractivity contribution >= 4 is 11.7 Å². The van der Waals surface area contributed by atoms with Gasteiger partial charge >= 0.3 is 5.97 Å². The van der Waals surface area contributed by atoms with Gasteiger partial charge in [-0.3, -0.25) is 0 Å². The number of benzene rings is 2. The number of hydrogen-bond donors (Lipinski definition) is 2. The molecule has 1 saturated carbocycles. The summed E-state index contributed by atoms with van der Waals surface area (Å²) >= 11 is 0. The molecule has 1 aliphatic carbocycles. The summed E-state index contributed by atoms with van der Waals surface area (Å²) in [5.41, 5.74) is 3.93. The Bertz CT molecular complexity index is 926. The molecule has 28 heavy (non-hydrogen) atoms. The molecule has 6 heteroatoms. The second-order valence-corrected chi connectivity index (χ2v) is 7.36. The maximum absolute atomic E-state index is 11.0. The Labute approximate surface area is 164 Å². The second-order valence-electron chi connectivity index (χ2n) is 7.36. The molecule has 0 amide bonds. The van der Waals surface area contributed by atoms with E-state index in [0.717, 1.165) is 35.1 Å². The van der Waals surface area contributed by atoms with Crippen molar-refractivity contribution in [3.63, 3.8) is 0 Å². The molecule has 2 N–H and O–H groups in total. The monoisotopic (exact) mass is 376 g/mol. The molecule has 144 valence electrons. The number of carboxylic acids is 1. The number of hydrogen-bond acceptors (Lipinski definition) is 4. The van der Waals surface area contributed by atoms with Gasteiger partial charge in [0.25, 0.3) is 0 Å². The van der Waals surface area contributed by atoms with E-state index in [-0.39, 0.29) is 5.56 Å². The molecule has 3 aromatic rings. The van der Waals surface area contributed by atoms with Crippen LogP contribution >= 0.6 is 0 Å². The lowest BCUT2D eigenvalue weighted by Gasteiger charge is -2.22. The third-order valence-corrected chi connectivity index (χ3v) is 5.37. The third kappa shape index (κ3) is 4.22. The largest absolute Gasteiger partial charge is 0.478 e. The molecule has 0 radical (unpaired) electrons. The number of aromatic nitrogens is 3. The SMILES string of the molecule is O=C(O)c1ccc(-n2cc(-c3ccc(NCC4CCCCC4)cc3)nn2)cc1. The lowest BCUT2D eigenvalue weighted by molar-refractivity contribution is 0.0697. The van der Waals surface area contributed by atoms with Crippen LogP contribution in [0.4, 0.5) is 5.69 Å². The zero-order valence-corrected chi connectivity index (χ0v) is 15.7. The van der Waals surface area contributed by atoms with Gasteiger partial charge in [-0.2, -0.15) is 0 Å². The van der Waals surface area contributed by atoms with E-state index in [1.54, 1.807) is 28.9 Å². The minimum absolute atomic E-state index is 0.250. The molecule has 1 fully saturated rings. The molecule has 0 unspecified atom stereocenters. The van der Waals surface area contributed by atoms with E-state index >= 15 is 0 Å². The van der Waals surface area contributed by atoms with Crippen LogP contribution in [0.25, 0.3) is 16.9 Å². The van der Waals surface area contributed by atoms with Gasteiger partial charge in [0.05, 0.1) is 17.4 Å². The first-order chi connectivity index (χ1) is 13.7. The average Bonchev–Trinajstić information content (AvgIpc) is 3.24. The van der Waals surface area contributed by atoms with Crippen LogP contribution in [0.2, 0.25) is 0 Å². The number of aromatic carboxylic acids is 1. The minimum atomic E-state index is -0.942. The Morgan fingerprint density at radius 2 is 1.75 bits per heavy atom. The van der Waals surface area contributed by atoms with Crippen molar-refractivity contribution in [1.82, 2.24) is 15.0 Å². The van der Waals surface area contributed by atoms with Crippen LogP contribution in [0.15, 0.2) is 54.7 Å². The van der Waals surface area contributed by atoms with Gasteiger partial charge < -0.3 is 10.4 Å². The average molecular weight is 376 g/mol. The molecule has 2 aromatic carbocycles. The lowest BCUT2D eigenvalue weighted by Crippen LogP contribution is -2.16. The van der Waals surface area contributed by atoms with E-state index in [2.05, 4.69) is 27.8 Å². The van der Waals surface area contributed by atoms with Crippen molar-refractivity contribution in [2.45, 2.75) is 32.1 Å². The highest BCUT2D eigenvalue weighted by Gasteiger charge is 2.13. The lowest BCUT2D eigenvalue weighted by atomic mass is 9.89. The van der Waals surface area contributed by atoms with E-state index < -0.39 is 5.97 Å². The van der Waals surface area contributed by atoms with Gasteiger partial charge in [0.1, 0.15) is 5.69 Å². The van der Waals surface area contributed by atoms with Crippen molar-refractivity contribution in [2.24, 2.45) is 5.92 Å². The molecular formula is C22H24N4O2. The quantitative estimate of drug-likeness (QED) is 0.656. The summed E-state index contributed by atoms with van der Waals surface area (Å²) in [5.74, 6) is -0.149. The van der Waals surface area contributed by atoms with Crippen LogP contribution in [0.3, 0.4) is 0 Å². The van der Waals surface area contributed by atoms with Gasteiger partial charge in [-0.25, -0.2) is 9.48 Å². The molecule has 6 nitrogen and oxygen atoms in total. The molecule has 0 spiro atoms. The first-order valence-electron chi connectivity index (χ1n) is 9.79. The molecule has 1 aromatic heterocycles. The number of carbonyl (C=O) groups is 1. The minimum Gasteiger partial charge on any atom is -0.478 e. The predicted octanol–water partition coefficient (Wildman–Crippen LogP) is 4.62. The van der Waals surface area contributed by atoms with Crippen molar-refractivity contribution in [2.75, 3.05) is 11.9 Å². The summed E-state index contributed by atoms with van der Waals surface area (Å²) in [6.07, 6.45) is 8.62. The first-order valence-corrected chi connectivity index (χ1v) is 9.79. The maximum Gasteiger partial charge on any atom is 0.335 e. The zero-order valence-electron chi connectivity index (χ0n) is 15.7. The molecule has 0 aliphatic heterocycles. The molecule has 0 bridgehead atoms. The normalized spacial score (nSPS) is 14.7. The van der Waals surface area contributed by atoms with Gasteiger partial charge in [0.15, 0.2) is 0 Å². The summed E-state index contributed by atoms with van der Waals surface area (Å²) < 4.78 is 1.65. The van der Waals surface area contributed by atoms with Gasteiger partial charge in [0, 0.05) is 17.8 Å². The van der Waals surface area contributed by atoms with Crippen molar-refractivity contribution in [3.05, 3.63) is 60.3 Å². The van der Waals surface area contributed by atoms with Crippen LogP contribution in [-0.2, 0) is 0 Å². The molecule has 0 atom stereocenters. The van der Waals surface area contributed by atoms with Gasteiger partial charge in [0.2, 0.25) is 0 Å². The van der Waals surface area contributed by atoms with Crippen molar-refractivity contribution in [3.8, 4) is 16.9 Å². The highest BCUT2D eigenvalue weighted by molar-refractivity contribution is 5.87. The van der Waals surface area contributed by atoms with Crippen molar-refractivity contribution in [1.29, 1.82) is 0 Å². The molecular weight excluding hydrogens is 352 g/mol. The van der Waals surface area contributed by atoms with E-state index in [9.17, 15) is 4.79 Å². The van der Waals surface area contributed by atoms with Crippen LogP contribution in [0, 0.1) is 5.92 Å². The van der Waals surface area contributed by atoms with Crippen LogP contribution < -0.4 is 5.32 Å². The standard InChI is InChI=1S/C22H24N4O2/c27-22(28)18-8-12-20(13-9-18)26-15-21(24-25-26)17-6-10-19(11-7-17)23-14-16-4-2-1-3-5-16/h6-13,15-16,23H,1-5,14H2,(H,27,28). The fourth-order valence-corrected chi connectivity index (χ4v) is 3.69. The van der Waals surface area contributed by atoms with Crippen LogP contribution in [0.5, 0.6) is 0 Å². The number of nitrogens with zero attached hydrogens (tertiary/aromatic N) is 3.